The predicted molar refractivity (Wildman–Crippen MR) is 99.7 cm³/mol. The molecule has 10 nitrogen and oxygen atoms in total. The van der Waals surface area contributed by atoms with E-state index in [-0.39, 0.29) is 18.9 Å². The molecule has 0 spiro atoms. The summed E-state index contributed by atoms with van der Waals surface area (Å²) < 4.78 is 22.9. The van der Waals surface area contributed by atoms with Gasteiger partial charge in [-0.25, -0.2) is 0 Å². The van der Waals surface area contributed by atoms with E-state index in [1.54, 1.807) is 6.92 Å². The molecule has 0 amide bonds. The minimum atomic E-state index is -1.25. The molecule has 0 aromatic carbocycles. The van der Waals surface area contributed by atoms with Crippen molar-refractivity contribution in [2.75, 3.05) is 6.61 Å². The Morgan fingerprint density at radius 2 is 1.59 bits per heavy atom. The molecule has 5 unspecified atom stereocenters. The third-order valence-electron chi connectivity index (χ3n) is 6.13. The van der Waals surface area contributed by atoms with Gasteiger partial charge < -0.3 is 50.2 Å². The maximum absolute atomic E-state index is 10.7. The van der Waals surface area contributed by atoms with E-state index < -0.39 is 73.3 Å². The first-order valence-electron chi connectivity index (χ1n) is 10.1. The quantitative estimate of drug-likeness (QED) is 0.261. The number of nitrogens with two attached hydrogens (primary N) is 1. The zero-order chi connectivity index (χ0) is 21.5. The molecule has 0 aromatic rings. The third-order valence-corrected chi connectivity index (χ3v) is 6.13. The minimum Gasteiger partial charge on any atom is -0.394 e. The van der Waals surface area contributed by atoms with Crippen LogP contribution >= 0.6 is 0 Å². The fourth-order valence-electron chi connectivity index (χ4n) is 4.24. The molecule has 0 bridgehead atoms. The molecule has 2 aliphatic heterocycles. The first-order chi connectivity index (χ1) is 13.6. The van der Waals surface area contributed by atoms with Crippen LogP contribution in [0.1, 0.15) is 26.7 Å². The largest absolute Gasteiger partial charge is 0.394 e. The number of aliphatic hydroxyl groups is 5. The highest BCUT2D eigenvalue weighted by Crippen LogP contribution is 2.36. The smallest absolute Gasteiger partial charge is 0.184 e. The van der Waals surface area contributed by atoms with E-state index in [1.165, 1.54) is 0 Å². The molecule has 2 radical (unpaired) electrons. The number of hydrogen-bond donors (Lipinski definition) is 6. The normalized spacial score (nSPS) is 53.9. The van der Waals surface area contributed by atoms with Gasteiger partial charge >= 0.3 is 0 Å². The highest BCUT2D eigenvalue weighted by atomic mass is 16.7. The molecule has 1 aliphatic carbocycles. The van der Waals surface area contributed by atoms with Gasteiger partial charge in [0.25, 0.3) is 0 Å². The van der Waals surface area contributed by atoms with Gasteiger partial charge in [-0.15, -0.1) is 0 Å². The topological polar surface area (TPSA) is 164 Å². The van der Waals surface area contributed by atoms with Crippen LogP contribution in [0.5, 0.6) is 0 Å². The molecular weight excluding hydrogens is 385 g/mol. The van der Waals surface area contributed by atoms with Gasteiger partial charge in [0, 0.05) is 18.3 Å². The first-order valence-corrected chi connectivity index (χ1v) is 10.1. The SMILES string of the molecule is [B]C1[C@@H](O[C@@H]2C(N)C[C@@H](C)C(O)[C@H]2O[C@@H]2O[C@H](CO)CC2O)OC(C)[C@@H](O)[C@@H]1O. The summed E-state index contributed by atoms with van der Waals surface area (Å²) in [6, 6.07) is -0.541. The summed E-state index contributed by atoms with van der Waals surface area (Å²) in [6.45, 7) is 3.15. The molecular formula is C18H32BNO9. The van der Waals surface area contributed by atoms with Crippen molar-refractivity contribution in [1.29, 1.82) is 0 Å². The maximum atomic E-state index is 10.7. The van der Waals surface area contributed by atoms with Gasteiger partial charge in [0.1, 0.15) is 24.4 Å². The molecule has 0 aromatic heterocycles. The van der Waals surface area contributed by atoms with Crippen molar-refractivity contribution >= 4 is 7.85 Å². The summed E-state index contributed by atoms with van der Waals surface area (Å²) in [7, 11) is 5.97. The van der Waals surface area contributed by atoms with Gasteiger partial charge in [-0.3, -0.25) is 0 Å². The van der Waals surface area contributed by atoms with E-state index >= 15 is 0 Å². The van der Waals surface area contributed by atoms with Crippen LogP contribution in [0.25, 0.3) is 0 Å². The van der Waals surface area contributed by atoms with E-state index in [0.717, 1.165) is 0 Å². The van der Waals surface area contributed by atoms with Gasteiger partial charge in [-0.1, -0.05) is 6.92 Å². The van der Waals surface area contributed by atoms with E-state index in [9.17, 15) is 25.5 Å². The van der Waals surface area contributed by atoms with Gasteiger partial charge in [-0.05, 0) is 19.3 Å². The molecule has 1 saturated carbocycles. The second kappa shape index (κ2) is 9.43. The molecule has 2 heterocycles. The number of ether oxygens (including phenoxy) is 4. The Hall–Kier alpha value is -0.335. The van der Waals surface area contributed by atoms with Gasteiger partial charge in [0.2, 0.25) is 0 Å². The standard InChI is InChI=1S/C18H32BNO9/c1-6-3-9(20)15(28-18-11(19)14(25)13(24)7(2)26-18)16(12(6)23)29-17-10(22)4-8(5-21)27-17/h6-18,21-25H,3-5,20H2,1-2H3/t6-,7?,8+,9?,10?,11?,12?,13-,14-,15-,16-,17+,18-/m1/s1. The van der Waals surface area contributed by atoms with Gasteiger partial charge in [0.15, 0.2) is 12.6 Å². The zero-order valence-electron chi connectivity index (χ0n) is 16.7. The summed E-state index contributed by atoms with van der Waals surface area (Å²) in [6.07, 6.45) is -8.92. The fourth-order valence-corrected chi connectivity index (χ4v) is 4.24. The van der Waals surface area contributed by atoms with Gasteiger partial charge in [-0.2, -0.15) is 0 Å². The molecule has 7 N–H and O–H groups in total. The van der Waals surface area contributed by atoms with Crippen LogP contribution in [-0.2, 0) is 18.9 Å². The molecule has 3 aliphatic rings. The van der Waals surface area contributed by atoms with Crippen molar-refractivity contribution in [3.8, 4) is 0 Å². The Labute approximate surface area is 171 Å². The Bertz CT molecular complexity index is 545. The Balaban J connectivity index is 1.75. The molecule has 11 heteroatoms. The van der Waals surface area contributed by atoms with Crippen LogP contribution in [0.15, 0.2) is 0 Å². The molecule has 166 valence electrons. The van der Waals surface area contributed by atoms with Crippen LogP contribution in [-0.4, -0.2) is 107 Å². The van der Waals surface area contributed by atoms with E-state index in [0.29, 0.717) is 6.42 Å². The molecule has 13 atom stereocenters. The van der Waals surface area contributed by atoms with Crippen molar-refractivity contribution in [3.05, 3.63) is 0 Å². The Morgan fingerprint density at radius 1 is 0.931 bits per heavy atom. The Morgan fingerprint density at radius 3 is 2.21 bits per heavy atom. The monoisotopic (exact) mass is 417 g/mol. The van der Waals surface area contributed by atoms with Crippen molar-refractivity contribution < 1.29 is 44.5 Å². The minimum absolute atomic E-state index is 0.200. The second-order valence-electron chi connectivity index (χ2n) is 8.45. The zero-order valence-corrected chi connectivity index (χ0v) is 16.7. The molecule has 3 rings (SSSR count). The van der Waals surface area contributed by atoms with Crippen molar-refractivity contribution in [1.82, 2.24) is 0 Å². The van der Waals surface area contributed by atoms with E-state index in [4.69, 9.17) is 32.5 Å². The lowest BCUT2D eigenvalue weighted by Gasteiger charge is -2.47. The number of aliphatic hydroxyl groups excluding tert-OH is 5. The molecule has 3 fully saturated rings. The number of rotatable bonds is 5. The lowest BCUT2D eigenvalue weighted by Crippen LogP contribution is -2.62. The van der Waals surface area contributed by atoms with Gasteiger partial charge in [0.05, 0.1) is 38.9 Å². The van der Waals surface area contributed by atoms with Crippen LogP contribution < -0.4 is 5.73 Å². The van der Waals surface area contributed by atoms with E-state index in [1.807, 2.05) is 6.92 Å². The predicted octanol–water partition coefficient (Wildman–Crippen LogP) is -2.62. The lowest BCUT2D eigenvalue weighted by atomic mass is 9.76. The van der Waals surface area contributed by atoms with Crippen LogP contribution in [0, 0.1) is 5.92 Å². The summed E-state index contributed by atoms with van der Waals surface area (Å²) in [5.41, 5.74) is 6.28. The Kier molecular flexibility index (Phi) is 7.59. The van der Waals surface area contributed by atoms with Crippen molar-refractivity contribution in [2.24, 2.45) is 11.7 Å². The van der Waals surface area contributed by atoms with Crippen molar-refractivity contribution in [2.45, 2.75) is 100.0 Å². The highest BCUT2D eigenvalue weighted by Gasteiger charge is 2.49. The summed E-state index contributed by atoms with van der Waals surface area (Å²) in [4.78, 5) is 0. The molecule has 29 heavy (non-hydrogen) atoms. The van der Waals surface area contributed by atoms with E-state index in [2.05, 4.69) is 0 Å². The van der Waals surface area contributed by atoms with Crippen molar-refractivity contribution in [3.63, 3.8) is 0 Å². The average Bonchev–Trinajstić information content (AvgIpc) is 3.04. The third kappa shape index (κ3) is 4.79. The van der Waals surface area contributed by atoms with Crippen LogP contribution in [0.3, 0.4) is 0 Å². The first kappa shape index (κ1) is 23.3. The molecule has 2 saturated heterocycles. The van der Waals surface area contributed by atoms with Crippen LogP contribution in [0.2, 0.25) is 5.82 Å². The summed E-state index contributed by atoms with van der Waals surface area (Å²) >= 11 is 0. The van der Waals surface area contributed by atoms with Crippen LogP contribution in [0.4, 0.5) is 0 Å². The highest BCUT2D eigenvalue weighted by molar-refractivity contribution is 6.12. The average molecular weight is 417 g/mol. The summed E-state index contributed by atoms with van der Waals surface area (Å²) in [5, 5.41) is 50.2. The summed E-state index contributed by atoms with van der Waals surface area (Å²) in [5.74, 6) is -1.23. The number of hydrogen-bond acceptors (Lipinski definition) is 10. The maximum Gasteiger partial charge on any atom is 0.184 e. The fraction of sp³-hybridized carbons (Fsp3) is 1.00. The lowest BCUT2D eigenvalue weighted by molar-refractivity contribution is -0.302. The second-order valence-corrected chi connectivity index (χ2v) is 8.45.